The van der Waals surface area contributed by atoms with Crippen molar-refractivity contribution in [3.05, 3.63) is 12.7 Å². The maximum atomic E-state index is 5.78. The normalized spacial score (nSPS) is 36.4. The Hall–Kier alpha value is -0.460. The van der Waals surface area contributed by atoms with Gasteiger partial charge in [0.05, 0.1) is 13.2 Å². The Labute approximate surface area is 95.3 Å². The number of hydrogen-bond acceptors (Lipinski definition) is 5. The molecule has 5 nitrogen and oxygen atoms in total. The van der Waals surface area contributed by atoms with Crippen molar-refractivity contribution in [2.45, 2.75) is 30.7 Å². The standard InChI is InChI=1S/C11H18O5/c1-4-5-14-6-7-8-9(16-8)10(15-7)11(12-2)13-3/h4,7-11H,1,5-6H2,2-3H3/t7?,8?,9-,10?/m0/s1. The van der Waals surface area contributed by atoms with Gasteiger partial charge in [-0.2, -0.15) is 0 Å². The van der Waals surface area contributed by atoms with Crippen molar-refractivity contribution in [2.24, 2.45) is 0 Å². The Kier molecular flexibility index (Phi) is 3.94. The van der Waals surface area contributed by atoms with Crippen molar-refractivity contribution in [1.29, 1.82) is 0 Å². The van der Waals surface area contributed by atoms with Crippen molar-refractivity contribution in [3.63, 3.8) is 0 Å². The molecule has 0 aromatic heterocycles. The van der Waals surface area contributed by atoms with E-state index in [-0.39, 0.29) is 30.7 Å². The van der Waals surface area contributed by atoms with E-state index in [4.69, 9.17) is 23.7 Å². The molecule has 0 N–H and O–H groups in total. The molecule has 3 unspecified atom stereocenters. The van der Waals surface area contributed by atoms with Gasteiger partial charge in [0.1, 0.15) is 24.4 Å². The second-order valence-corrected chi connectivity index (χ2v) is 3.87. The van der Waals surface area contributed by atoms with Gasteiger partial charge in [0, 0.05) is 14.2 Å². The molecule has 0 aromatic rings. The summed E-state index contributed by atoms with van der Waals surface area (Å²) in [5.74, 6) is 0. The average Bonchev–Trinajstić information content (AvgIpc) is 3.01. The molecule has 2 saturated heterocycles. The lowest BCUT2D eigenvalue weighted by atomic mass is 10.2. The number of rotatable bonds is 7. The van der Waals surface area contributed by atoms with Crippen molar-refractivity contribution in [1.82, 2.24) is 0 Å². The van der Waals surface area contributed by atoms with Crippen molar-refractivity contribution in [2.75, 3.05) is 27.4 Å². The number of fused-ring (bicyclic) bond motifs is 1. The van der Waals surface area contributed by atoms with Crippen LogP contribution in [0.3, 0.4) is 0 Å². The summed E-state index contributed by atoms with van der Waals surface area (Å²) in [6.45, 7) is 4.63. The minimum absolute atomic E-state index is 0.0252. The number of methoxy groups -OCH3 is 2. The second-order valence-electron chi connectivity index (χ2n) is 3.87. The summed E-state index contributed by atoms with van der Waals surface area (Å²) < 4.78 is 27.0. The van der Waals surface area contributed by atoms with Gasteiger partial charge in [-0.05, 0) is 0 Å². The molecule has 2 heterocycles. The Morgan fingerprint density at radius 1 is 1.25 bits per heavy atom. The van der Waals surface area contributed by atoms with E-state index in [1.54, 1.807) is 20.3 Å². The third-order valence-electron chi connectivity index (χ3n) is 2.83. The van der Waals surface area contributed by atoms with Crippen LogP contribution in [-0.2, 0) is 23.7 Å². The Morgan fingerprint density at radius 3 is 2.62 bits per heavy atom. The number of epoxide rings is 1. The predicted molar refractivity (Wildman–Crippen MR) is 56.1 cm³/mol. The Balaban J connectivity index is 1.81. The van der Waals surface area contributed by atoms with Crippen LogP contribution >= 0.6 is 0 Å². The first-order valence-electron chi connectivity index (χ1n) is 5.37. The fourth-order valence-corrected chi connectivity index (χ4v) is 2.04. The first kappa shape index (κ1) is 12.0. The topological polar surface area (TPSA) is 49.5 Å². The summed E-state index contributed by atoms with van der Waals surface area (Å²) in [6.07, 6.45) is 1.37. The molecule has 0 spiro atoms. The van der Waals surface area contributed by atoms with Crippen LogP contribution < -0.4 is 0 Å². The van der Waals surface area contributed by atoms with Crippen molar-refractivity contribution >= 4 is 0 Å². The molecule has 5 heteroatoms. The summed E-state index contributed by atoms with van der Waals surface area (Å²) in [4.78, 5) is 0. The van der Waals surface area contributed by atoms with Crippen LogP contribution in [0.5, 0.6) is 0 Å². The van der Waals surface area contributed by atoms with E-state index >= 15 is 0 Å². The lowest BCUT2D eigenvalue weighted by molar-refractivity contribution is -0.200. The van der Waals surface area contributed by atoms with E-state index < -0.39 is 0 Å². The molecule has 2 aliphatic heterocycles. The third-order valence-corrected chi connectivity index (χ3v) is 2.83. The highest BCUT2D eigenvalue weighted by Crippen LogP contribution is 2.41. The SMILES string of the molecule is C=CCOCC1OC(C(OC)OC)[C@H]2OC12. The zero-order valence-electron chi connectivity index (χ0n) is 9.63. The highest BCUT2D eigenvalue weighted by Gasteiger charge is 2.60. The van der Waals surface area contributed by atoms with E-state index in [9.17, 15) is 0 Å². The summed E-state index contributed by atoms with van der Waals surface area (Å²) in [5, 5.41) is 0. The van der Waals surface area contributed by atoms with E-state index in [1.807, 2.05) is 0 Å². The molecule has 2 rings (SSSR count). The van der Waals surface area contributed by atoms with Crippen LogP contribution in [0.25, 0.3) is 0 Å². The van der Waals surface area contributed by atoms with Crippen LogP contribution in [-0.4, -0.2) is 58.1 Å². The maximum absolute atomic E-state index is 5.78. The first-order chi connectivity index (χ1) is 7.81. The second kappa shape index (κ2) is 5.25. The van der Waals surface area contributed by atoms with Gasteiger partial charge < -0.3 is 23.7 Å². The molecule has 2 fully saturated rings. The summed E-state index contributed by atoms with van der Waals surface area (Å²) in [7, 11) is 3.19. The zero-order chi connectivity index (χ0) is 11.5. The van der Waals surface area contributed by atoms with Gasteiger partial charge in [0.2, 0.25) is 0 Å². The smallest absolute Gasteiger partial charge is 0.185 e. The third kappa shape index (κ3) is 2.28. The van der Waals surface area contributed by atoms with Gasteiger partial charge in [-0.1, -0.05) is 6.08 Å². The molecule has 4 atom stereocenters. The fourth-order valence-electron chi connectivity index (χ4n) is 2.04. The summed E-state index contributed by atoms with van der Waals surface area (Å²) in [6, 6.07) is 0. The Bertz CT molecular complexity index is 241. The molecule has 0 aromatic carbocycles. The van der Waals surface area contributed by atoms with Crippen LogP contribution in [0, 0.1) is 0 Å². The molecule has 92 valence electrons. The average molecular weight is 230 g/mol. The van der Waals surface area contributed by atoms with Crippen LogP contribution in [0.15, 0.2) is 12.7 Å². The lowest BCUT2D eigenvalue weighted by Crippen LogP contribution is -2.36. The monoisotopic (exact) mass is 230 g/mol. The molecular formula is C11H18O5. The molecule has 2 aliphatic rings. The lowest BCUT2D eigenvalue weighted by Gasteiger charge is -2.23. The number of hydrogen-bond donors (Lipinski definition) is 0. The van der Waals surface area contributed by atoms with Gasteiger partial charge in [-0.15, -0.1) is 6.58 Å². The largest absolute Gasteiger partial charge is 0.375 e. The van der Waals surface area contributed by atoms with Gasteiger partial charge in [0.25, 0.3) is 0 Å². The van der Waals surface area contributed by atoms with E-state index in [2.05, 4.69) is 6.58 Å². The minimum Gasteiger partial charge on any atom is -0.375 e. The first-order valence-corrected chi connectivity index (χ1v) is 5.37. The highest BCUT2D eigenvalue weighted by atomic mass is 16.7. The molecule has 0 saturated carbocycles. The van der Waals surface area contributed by atoms with E-state index in [1.165, 1.54) is 0 Å². The van der Waals surface area contributed by atoms with Crippen LogP contribution in [0.2, 0.25) is 0 Å². The van der Waals surface area contributed by atoms with Crippen LogP contribution in [0.4, 0.5) is 0 Å². The minimum atomic E-state index is -0.376. The van der Waals surface area contributed by atoms with Gasteiger partial charge in [-0.25, -0.2) is 0 Å². The molecule has 0 radical (unpaired) electrons. The number of ether oxygens (including phenoxy) is 5. The Morgan fingerprint density at radius 2 is 2.00 bits per heavy atom. The summed E-state index contributed by atoms with van der Waals surface area (Å²) >= 11 is 0. The van der Waals surface area contributed by atoms with Gasteiger partial charge >= 0.3 is 0 Å². The highest BCUT2D eigenvalue weighted by molar-refractivity contribution is 5.04. The summed E-state index contributed by atoms with van der Waals surface area (Å²) in [5.41, 5.74) is 0. The molecule has 0 aliphatic carbocycles. The zero-order valence-corrected chi connectivity index (χ0v) is 9.63. The molecule has 0 bridgehead atoms. The van der Waals surface area contributed by atoms with Gasteiger partial charge in [-0.3, -0.25) is 0 Å². The van der Waals surface area contributed by atoms with Gasteiger partial charge in [0.15, 0.2) is 6.29 Å². The van der Waals surface area contributed by atoms with Crippen molar-refractivity contribution in [3.8, 4) is 0 Å². The van der Waals surface area contributed by atoms with E-state index in [0.29, 0.717) is 13.2 Å². The predicted octanol–water partition coefficient (Wildman–Crippen LogP) is 0.343. The quantitative estimate of drug-likeness (QED) is 0.273. The molecule has 16 heavy (non-hydrogen) atoms. The maximum Gasteiger partial charge on any atom is 0.185 e. The molecule has 0 amide bonds. The van der Waals surface area contributed by atoms with E-state index in [0.717, 1.165) is 0 Å². The fraction of sp³-hybridized carbons (Fsp3) is 0.818. The van der Waals surface area contributed by atoms with Crippen molar-refractivity contribution < 1.29 is 23.7 Å². The molecular weight excluding hydrogens is 212 g/mol. The van der Waals surface area contributed by atoms with Crippen LogP contribution in [0.1, 0.15) is 0 Å².